The van der Waals surface area contributed by atoms with E-state index in [1.807, 2.05) is 0 Å². The van der Waals surface area contributed by atoms with Crippen LogP contribution in [0.3, 0.4) is 0 Å². The van der Waals surface area contributed by atoms with Crippen LogP contribution in [-0.4, -0.2) is 22.9 Å². The number of hydrogen-bond acceptors (Lipinski definition) is 1. The van der Waals surface area contributed by atoms with Crippen molar-refractivity contribution >= 4 is 5.91 Å². The molecule has 1 amide bonds. The third kappa shape index (κ3) is 3.27. The molecule has 0 unspecified atom stereocenters. The Morgan fingerprint density at radius 3 is 1.89 bits per heavy atom. The van der Waals surface area contributed by atoms with Gasteiger partial charge in [-0.1, -0.05) is 38.5 Å². The van der Waals surface area contributed by atoms with Gasteiger partial charge in [0.1, 0.15) is 0 Å². The van der Waals surface area contributed by atoms with Crippen molar-refractivity contribution in [1.29, 1.82) is 0 Å². The van der Waals surface area contributed by atoms with Gasteiger partial charge in [-0.25, -0.2) is 0 Å². The van der Waals surface area contributed by atoms with Crippen LogP contribution in [0.5, 0.6) is 0 Å². The molecular formula is C16H29NO. The number of rotatable bonds is 3. The largest absolute Gasteiger partial charge is 0.337 e. The van der Waals surface area contributed by atoms with Gasteiger partial charge < -0.3 is 4.90 Å². The van der Waals surface area contributed by atoms with Crippen LogP contribution in [-0.2, 0) is 4.79 Å². The molecule has 2 heteroatoms. The second-order valence-corrected chi connectivity index (χ2v) is 6.47. The number of carbonyl (C=O) groups excluding carboxylic acids is 1. The maximum atomic E-state index is 12.8. The molecule has 2 nitrogen and oxygen atoms in total. The molecule has 0 aromatic rings. The molecule has 0 aromatic carbocycles. The van der Waals surface area contributed by atoms with E-state index in [0.29, 0.717) is 23.9 Å². The van der Waals surface area contributed by atoms with Crippen molar-refractivity contribution < 1.29 is 4.79 Å². The maximum Gasteiger partial charge on any atom is 0.226 e. The molecule has 0 radical (unpaired) electrons. The van der Waals surface area contributed by atoms with E-state index in [-0.39, 0.29) is 0 Å². The number of nitrogens with zero attached hydrogens (tertiary/aromatic N) is 1. The SMILES string of the molecule is CC(C)N(C(=O)C1CCCCC1)C1CCCCC1. The first-order valence-electron chi connectivity index (χ1n) is 8.02. The zero-order chi connectivity index (χ0) is 13.0. The van der Waals surface area contributed by atoms with Crippen LogP contribution in [0.4, 0.5) is 0 Å². The molecule has 2 aliphatic rings. The fraction of sp³-hybridized carbons (Fsp3) is 0.938. The van der Waals surface area contributed by atoms with Crippen molar-refractivity contribution in [3.05, 3.63) is 0 Å². The van der Waals surface area contributed by atoms with E-state index in [0.717, 1.165) is 12.8 Å². The smallest absolute Gasteiger partial charge is 0.226 e. The van der Waals surface area contributed by atoms with Crippen molar-refractivity contribution in [2.75, 3.05) is 0 Å². The summed E-state index contributed by atoms with van der Waals surface area (Å²) in [5, 5.41) is 0. The van der Waals surface area contributed by atoms with Gasteiger partial charge >= 0.3 is 0 Å². The van der Waals surface area contributed by atoms with Gasteiger partial charge in [-0.05, 0) is 39.5 Å². The first kappa shape index (κ1) is 13.9. The molecule has 0 heterocycles. The van der Waals surface area contributed by atoms with E-state index in [9.17, 15) is 4.79 Å². The fourth-order valence-corrected chi connectivity index (χ4v) is 3.78. The first-order valence-corrected chi connectivity index (χ1v) is 8.02. The van der Waals surface area contributed by atoms with Crippen LogP contribution in [0, 0.1) is 5.92 Å². The predicted molar refractivity (Wildman–Crippen MR) is 75.4 cm³/mol. The van der Waals surface area contributed by atoms with Gasteiger partial charge in [0.25, 0.3) is 0 Å². The zero-order valence-corrected chi connectivity index (χ0v) is 12.2. The van der Waals surface area contributed by atoms with Crippen molar-refractivity contribution in [2.45, 2.75) is 90.1 Å². The lowest BCUT2D eigenvalue weighted by molar-refractivity contribution is -0.141. The Bertz CT molecular complexity index is 262. The van der Waals surface area contributed by atoms with Gasteiger partial charge in [0.15, 0.2) is 0 Å². The summed E-state index contributed by atoms with van der Waals surface area (Å²) < 4.78 is 0. The molecule has 2 rings (SSSR count). The average molecular weight is 251 g/mol. The van der Waals surface area contributed by atoms with Gasteiger partial charge in [0.2, 0.25) is 5.91 Å². The summed E-state index contributed by atoms with van der Waals surface area (Å²) in [4.78, 5) is 15.0. The highest BCUT2D eigenvalue weighted by molar-refractivity contribution is 5.79. The van der Waals surface area contributed by atoms with Crippen LogP contribution >= 0.6 is 0 Å². The molecule has 0 bridgehead atoms. The van der Waals surface area contributed by atoms with Crippen molar-refractivity contribution in [3.8, 4) is 0 Å². The molecule has 0 N–H and O–H groups in total. The van der Waals surface area contributed by atoms with Crippen LogP contribution in [0.2, 0.25) is 0 Å². The van der Waals surface area contributed by atoms with Gasteiger partial charge in [-0.2, -0.15) is 0 Å². The van der Waals surface area contributed by atoms with Crippen LogP contribution in [0.25, 0.3) is 0 Å². The molecule has 0 aromatic heterocycles. The summed E-state index contributed by atoms with van der Waals surface area (Å²) in [5.41, 5.74) is 0. The summed E-state index contributed by atoms with van der Waals surface area (Å²) >= 11 is 0. The Morgan fingerprint density at radius 2 is 1.39 bits per heavy atom. The normalized spacial score (nSPS) is 23.3. The van der Waals surface area contributed by atoms with Gasteiger partial charge in [-0.15, -0.1) is 0 Å². The lowest BCUT2D eigenvalue weighted by atomic mass is 9.86. The van der Waals surface area contributed by atoms with Crippen molar-refractivity contribution in [2.24, 2.45) is 5.92 Å². The van der Waals surface area contributed by atoms with E-state index < -0.39 is 0 Å². The van der Waals surface area contributed by atoms with E-state index in [4.69, 9.17) is 0 Å². The minimum atomic E-state index is 0.336. The highest BCUT2D eigenvalue weighted by Crippen LogP contribution is 2.30. The molecule has 2 saturated carbocycles. The molecule has 18 heavy (non-hydrogen) atoms. The Hall–Kier alpha value is -0.530. The maximum absolute atomic E-state index is 12.8. The topological polar surface area (TPSA) is 20.3 Å². The zero-order valence-electron chi connectivity index (χ0n) is 12.2. The highest BCUT2D eigenvalue weighted by Gasteiger charge is 2.32. The Labute approximate surface area is 112 Å². The predicted octanol–water partition coefficient (Wildman–Crippen LogP) is 4.14. The Kier molecular flexibility index (Phi) is 5.08. The second-order valence-electron chi connectivity index (χ2n) is 6.47. The minimum absolute atomic E-state index is 0.336. The third-order valence-electron chi connectivity index (χ3n) is 4.73. The van der Waals surface area contributed by atoms with E-state index >= 15 is 0 Å². The van der Waals surface area contributed by atoms with Crippen LogP contribution in [0.15, 0.2) is 0 Å². The highest BCUT2D eigenvalue weighted by atomic mass is 16.2. The first-order chi connectivity index (χ1) is 8.70. The Morgan fingerprint density at radius 1 is 0.889 bits per heavy atom. The molecule has 104 valence electrons. The summed E-state index contributed by atoms with van der Waals surface area (Å²) in [6, 6.07) is 0.913. The van der Waals surface area contributed by atoms with Crippen molar-refractivity contribution in [1.82, 2.24) is 4.90 Å². The van der Waals surface area contributed by atoms with Gasteiger partial charge in [0.05, 0.1) is 0 Å². The molecule has 0 spiro atoms. The molecule has 0 saturated heterocycles. The number of carbonyl (C=O) groups is 1. The van der Waals surface area contributed by atoms with Crippen LogP contribution < -0.4 is 0 Å². The van der Waals surface area contributed by atoms with Gasteiger partial charge in [-0.3, -0.25) is 4.79 Å². The van der Waals surface area contributed by atoms with Crippen molar-refractivity contribution in [3.63, 3.8) is 0 Å². The molecule has 0 atom stereocenters. The Balaban J connectivity index is 2.01. The molecule has 0 aliphatic heterocycles. The molecular weight excluding hydrogens is 222 g/mol. The monoisotopic (exact) mass is 251 g/mol. The summed E-state index contributed by atoms with van der Waals surface area (Å²) in [7, 11) is 0. The summed E-state index contributed by atoms with van der Waals surface area (Å²) in [5.74, 6) is 0.805. The van der Waals surface area contributed by atoms with Crippen LogP contribution in [0.1, 0.15) is 78.1 Å². The summed E-state index contributed by atoms with van der Waals surface area (Å²) in [6.45, 7) is 4.38. The lowest BCUT2D eigenvalue weighted by Gasteiger charge is -2.40. The van der Waals surface area contributed by atoms with E-state index in [1.165, 1.54) is 51.4 Å². The quantitative estimate of drug-likeness (QED) is 0.738. The second kappa shape index (κ2) is 6.58. The lowest BCUT2D eigenvalue weighted by Crippen LogP contribution is -2.48. The minimum Gasteiger partial charge on any atom is -0.337 e. The summed E-state index contributed by atoms with van der Waals surface area (Å²) in [6.07, 6.45) is 12.6. The third-order valence-corrected chi connectivity index (χ3v) is 4.73. The molecule has 2 fully saturated rings. The standard InChI is InChI=1S/C16H29NO/c1-13(2)17(15-11-7-4-8-12-15)16(18)14-9-5-3-6-10-14/h13-15H,3-12H2,1-2H3. The number of hydrogen-bond donors (Lipinski definition) is 0. The average Bonchev–Trinajstić information content (AvgIpc) is 2.40. The molecule has 2 aliphatic carbocycles. The van der Waals surface area contributed by atoms with E-state index in [2.05, 4.69) is 18.7 Å². The number of amides is 1. The van der Waals surface area contributed by atoms with E-state index in [1.54, 1.807) is 0 Å². The fourth-order valence-electron chi connectivity index (χ4n) is 3.78. The van der Waals surface area contributed by atoms with Gasteiger partial charge in [0, 0.05) is 18.0 Å².